The molecule has 0 fully saturated rings. The number of nitrogens with zero attached hydrogens (tertiary/aromatic N) is 3. The molecule has 7 heteroatoms. The quantitative estimate of drug-likeness (QED) is 0.222. The van der Waals surface area contributed by atoms with Gasteiger partial charge in [-0.05, 0) is 86.0 Å². The van der Waals surface area contributed by atoms with Crippen LogP contribution in [0.5, 0.6) is 0 Å². The molecule has 188 valence electrons. The first kappa shape index (κ1) is 24.3. The van der Waals surface area contributed by atoms with Crippen molar-refractivity contribution < 1.29 is 13.2 Å². The van der Waals surface area contributed by atoms with E-state index in [4.69, 9.17) is 0 Å². The van der Waals surface area contributed by atoms with E-state index in [-0.39, 0.29) is 5.44 Å². The van der Waals surface area contributed by atoms with Gasteiger partial charge in [-0.1, -0.05) is 48.5 Å². The molecule has 0 radical (unpaired) electrons. The maximum atomic E-state index is 13.7. The monoisotopic (exact) mass is 525 g/mol. The Balaban J connectivity index is 1.49. The third-order valence-electron chi connectivity index (χ3n) is 6.78. The molecule has 0 bridgehead atoms. The number of para-hydroxylation sites is 1. The molecule has 0 saturated heterocycles. The lowest BCUT2D eigenvalue weighted by Crippen LogP contribution is -2.24. The fourth-order valence-corrected chi connectivity index (χ4v) is 6.63. The fraction of sp³-hybridized carbons (Fsp3) is 0.0968. The van der Waals surface area contributed by atoms with Crippen LogP contribution in [0.2, 0.25) is 0 Å². The van der Waals surface area contributed by atoms with Crippen LogP contribution in [0.3, 0.4) is 0 Å². The molecule has 3 heterocycles. The highest BCUT2D eigenvalue weighted by Gasteiger charge is 2.35. The number of benzene rings is 3. The minimum Gasteiger partial charge on any atom is -0.294 e. The predicted octanol–water partition coefficient (Wildman–Crippen LogP) is 7.63. The van der Waals surface area contributed by atoms with E-state index in [9.17, 15) is 13.2 Å². The molecule has 6 rings (SSSR count). The van der Waals surface area contributed by atoms with E-state index in [0.29, 0.717) is 0 Å². The van der Waals surface area contributed by atoms with Crippen molar-refractivity contribution in [3.63, 3.8) is 0 Å². The van der Waals surface area contributed by atoms with Crippen molar-refractivity contribution in [3.05, 3.63) is 115 Å². The topological polar surface area (TPSA) is 30.7 Å². The van der Waals surface area contributed by atoms with E-state index in [1.54, 1.807) is 0 Å². The lowest BCUT2D eigenvalue weighted by molar-refractivity contribution is -0.136. The van der Waals surface area contributed by atoms with Crippen molar-refractivity contribution >= 4 is 40.5 Å². The first-order valence-corrected chi connectivity index (χ1v) is 13.9. The number of alkyl halides is 3. The van der Waals surface area contributed by atoms with Crippen molar-refractivity contribution in [2.45, 2.75) is 13.1 Å². The van der Waals surface area contributed by atoms with E-state index < -0.39 is 19.7 Å². The Morgan fingerprint density at radius 3 is 2.32 bits per heavy atom. The summed E-state index contributed by atoms with van der Waals surface area (Å²) in [5, 5.41) is 3.09. The molecule has 3 aromatic carbocycles. The van der Waals surface area contributed by atoms with Crippen LogP contribution in [-0.4, -0.2) is 21.2 Å². The Hall–Kier alpha value is -4.02. The van der Waals surface area contributed by atoms with Gasteiger partial charge in [-0.15, -0.1) is 0 Å². The molecule has 0 saturated carbocycles. The zero-order valence-electron chi connectivity index (χ0n) is 20.7. The molecule has 0 N–H and O–H groups in total. The smallest absolute Gasteiger partial charge is 0.294 e. The van der Waals surface area contributed by atoms with Crippen LogP contribution in [-0.2, 0) is 6.18 Å². The molecule has 0 spiro atoms. The van der Waals surface area contributed by atoms with Gasteiger partial charge in [-0.25, -0.2) is 4.98 Å². The number of fused-ring (bicyclic) bond motifs is 3. The van der Waals surface area contributed by atoms with Crippen LogP contribution in [0.1, 0.15) is 11.1 Å². The highest BCUT2D eigenvalue weighted by molar-refractivity contribution is 7.72. The van der Waals surface area contributed by atoms with E-state index >= 15 is 0 Å². The molecular weight excluding hydrogens is 502 g/mol. The average molecular weight is 526 g/mol. The summed E-state index contributed by atoms with van der Waals surface area (Å²) in [7, 11) is -1.31. The lowest BCUT2D eigenvalue weighted by atomic mass is 10.0. The van der Waals surface area contributed by atoms with Crippen LogP contribution < -0.4 is 10.7 Å². The number of rotatable bonds is 4. The molecule has 3 aromatic heterocycles. The van der Waals surface area contributed by atoms with E-state index in [2.05, 4.69) is 50.9 Å². The third kappa shape index (κ3) is 4.25. The Morgan fingerprint density at radius 2 is 1.50 bits per heavy atom. The summed E-state index contributed by atoms with van der Waals surface area (Å²) in [5.41, 5.74) is 4.56. The first-order valence-electron chi connectivity index (χ1n) is 12.1. The fourth-order valence-electron chi connectivity index (χ4n) is 4.94. The Bertz CT molecular complexity index is 1810. The second-order valence-corrected chi connectivity index (χ2v) is 11.3. The molecule has 0 amide bonds. The second-order valence-electron chi connectivity index (χ2n) is 9.26. The van der Waals surface area contributed by atoms with Gasteiger partial charge in [0.1, 0.15) is 5.82 Å². The average Bonchev–Trinajstić information content (AvgIpc) is 3.26. The largest absolute Gasteiger partial charge is 0.418 e. The Morgan fingerprint density at radius 1 is 0.711 bits per heavy atom. The van der Waals surface area contributed by atoms with Gasteiger partial charge in [0.2, 0.25) is 0 Å². The maximum absolute atomic E-state index is 13.7. The van der Waals surface area contributed by atoms with Gasteiger partial charge in [-0.3, -0.25) is 9.55 Å². The SMILES string of the molecule is Cc1ccnc(-n2c3ccccc3c3ccc(-c4cccc(P(C)c5ncccc5C(F)(F)F)c4)cc32)c1. The summed E-state index contributed by atoms with van der Waals surface area (Å²) in [4.78, 5) is 8.79. The van der Waals surface area contributed by atoms with Gasteiger partial charge in [0.15, 0.2) is 0 Å². The minimum atomic E-state index is -4.44. The summed E-state index contributed by atoms with van der Waals surface area (Å²) in [5.74, 6) is 0.842. The van der Waals surface area contributed by atoms with E-state index in [0.717, 1.165) is 55.7 Å². The molecule has 6 aromatic rings. The first-order chi connectivity index (χ1) is 18.3. The summed E-state index contributed by atoms with van der Waals surface area (Å²) >= 11 is 0. The normalized spacial score (nSPS) is 12.8. The molecule has 0 aliphatic rings. The van der Waals surface area contributed by atoms with Gasteiger partial charge >= 0.3 is 6.18 Å². The van der Waals surface area contributed by atoms with Crippen LogP contribution in [0.25, 0.3) is 38.8 Å². The molecular formula is C31H23F3N3P. The number of aryl methyl sites for hydroxylation is 1. The van der Waals surface area contributed by atoms with Crippen LogP contribution >= 0.6 is 7.92 Å². The molecule has 1 atom stereocenters. The standard InChI is InChI=1S/C31H23F3N3P/c1-20-14-16-35-29(17-20)37-27-11-4-3-9-24(27)25-13-12-22(19-28(25)37)21-7-5-8-23(18-21)38(2)30-26(31(32,33)34)10-6-15-36-30/h3-19H,1-2H3. The molecule has 0 aliphatic carbocycles. The zero-order chi connectivity index (χ0) is 26.4. The summed E-state index contributed by atoms with van der Waals surface area (Å²) in [6, 6.07) is 28.8. The van der Waals surface area contributed by atoms with Crippen LogP contribution in [0.15, 0.2) is 103 Å². The zero-order valence-corrected chi connectivity index (χ0v) is 21.6. The van der Waals surface area contributed by atoms with Gasteiger partial charge in [0.05, 0.1) is 22.0 Å². The summed E-state index contributed by atoms with van der Waals surface area (Å²) < 4.78 is 43.2. The van der Waals surface area contributed by atoms with Crippen molar-refractivity contribution in [1.82, 2.24) is 14.5 Å². The van der Waals surface area contributed by atoms with Crippen molar-refractivity contribution in [2.24, 2.45) is 0 Å². The van der Waals surface area contributed by atoms with Crippen molar-refractivity contribution in [3.8, 4) is 16.9 Å². The molecule has 3 nitrogen and oxygen atoms in total. The van der Waals surface area contributed by atoms with Crippen LogP contribution in [0, 0.1) is 6.92 Å². The van der Waals surface area contributed by atoms with E-state index in [1.807, 2.05) is 62.2 Å². The van der Waals surface area contributed by atoms with Gasteiger partial charge < -0.3 is 0 Å². The summed E-state index contributed by atoms with van der Waals surface area (Å²) in [6.07, 6.45) is -1.20. The molecule has 0 aliphatic heterocycles. The summed E-state index contributed by atoms with van der Waals surface area (Å²) in [6.45, 7) is 3.88. The van der Waals surface area contributed by atoms with Gasteiger partial charge in [-0.2, -0.15) is 13.2 Å². The third-order valence-corrected chi connectivity index (χ3v) is 8.82. The molecule has 38 heavy (non-hydrogen) atoms. The van der Waals surface area contributed by atoms with Gasteiger partial charge in [0.25, 0.3) is 0 Å². The predicted molar refractivity (Wildman–Crippen MR) is 150 cm³/mol. The lowest BCUT2D eigenvalue weighted by Gasteiger charge is -2.18. The Labute approximate surface area is 219 Å². The maximum Gasteiger partial charge on any atom is 0.418 e. The number of halogens is 3. The van der Waals surface area contributed by atoms with Crippen molar-refractivity contribution in [1.29, 1.82) is 0 Å². The number of hydrogen-bond donors (Lipinski definition) is 0. The number of aromatic nitrogens is 3. The van der Waals surface area contributed by atoms with E-state index in [1.165, 1.54) is 12.3 Å². The highest BCUT2D eigenvalue weighted by atomic mass is 31.1. The highest BCUT2D eigenvalue weighted by Crippen LogP contribution is 2.38. The minimum absolute atomic E-state index is 0.0910. The van der Waals surface area contributed by atoms with Crippen molar-refractivity contribution in [2.75, 3.05) is 6.66 Å². The number of hydrogen-bond acceptors (Lipinski definition) is 2. The molecule has 1 unspecified atom stereocenters. The number of pyridine rings is 2. The Kier molecular flexibility index (Phi) is 6.00. The second kappa shape index (κ2) is 9.38. The van der Waals surface area contributed by atoms with Gasteiger partial charge in [0, 0.05) is 23.2 Å². The van der Waals surface area contributed by atoms with Crippen LogP contribution in [0.4, 0.5) is 13.2 Å².